The molecule has 1 aromatic carbocycles. The predicted molar refractivity (Wildman–Crippen MR) is 102 cm³/mol. The Kier molecular flexibility index (Phi) is 5.48. The van der Waals surface area contributed by atoms with Gasteiger partial charge in [-0.2, -0.15) is 0 Å². The molecule has 1 aliphatic carbocycles. The van der Waals surface area contributed by atoms with Crippen LogP contribution in [0.15, 0.2) is 42.7 Å². The van der Waals surface area contributed by atoms with Gasteiger partial charge in [-0.1, -0.05) is 12.1 Å². The van der Waals surface area contributed by atoms with Crippen LogP contribution in [0.4, 0.5) is 4.39 Å². The summed E-state index contributed by atoms with van der Waals surface area (Å²) in [7, 11) is 0. The Hall–Kier alpha value is -2.27. The van der Waals surface area contributed by atoms with Gasteiger partial charge in [0.15, 0.2) is 5.78 Å². The van der Waals surface area contributed by atoms with Gasteiger partial charge in [-0.15, -0.1) is 0 Å². The Morgan fingerprint density at radius 1 is 1.30 bits per heavy atom. The van der Waals surface area contributed by atoms with E-state index < -0.39 is 0 Å². The Labute approximate surface area is 159 Å². The summed E-state index contributed by atoms with van der Waals surface area (Å²) < 4.78 is 19.0. The number of ether oxygens (including phenoxy) is 1. The summed E-state index contributed by atoms with van der Waals surface area (Å²) in [5, 5.41) is 3.33. The number of nitrogens with zero attached hydrogens (tertiary/aromatic N) is 1. The third-order valence-electron chi connectivity index (χ3n) is 5.59. The van der Waals surface area contributed by atoms with Gasteiger partial charge in [-0.05, 0) is 67.8 Å². The highest BCUT2D eigenvalue weighted by Gasteiger charge is 2.38. The van der Waals surface area contributed by atoms with E-state index in [2.05, 4.69) is 16.4 Å². The second-order valence-corrected chi connectivity index (χ2v) is 7.63. The van der Waals surface area contributed by atoms with Crippen LogP contribution in [-0.2, 0) is 0 Å². The number of ketones is 1. The van der Waals surface area contributed by atoms with Crippen LogP contribution in [0.1, 0.15) is 53.9 Å². The number of Topliss-reactive ketones (excluding diaryl/α,β-unsaturated/α-hetero) is 1. The van der Waals surface area contributed by atoms with Crippen LogP contribution in [0.25, 0.3) is 0 Å². The molecule has 2 heterocycles. The summed E-state index contributed by atoms with van der Waals surface area (Å²) in [6.45, 7) is 1.78. The monoisotopic (exact) mass is 368 g/mol. The summed E-state index contributed by atoms with van der Waals surface area (Å²) in [4.78, 5) is 16.5. The molecule has 1 aliphatic heterocycles. The van der Waals surface area contributed by atoms with Crippen LogP contribution < -0.4 is 10.1 Å². The highest BCUT2D eigenvalue weighted by atomic mass is 19.1. The van der Waals surface area contributed by atoms with Gasteiger partial charge in [-0.25, -0.2) is 4.39 Å². The first-order chi connectivity index (χ1) is 13.2. The second-order valence-electron chi connectivity index (χ2n) is 7.63. The standard InChI is InChI=1S/C22H25FN2O2/c23-18-5-1-4-16(9-18)22(26)6-2-3-15-11-21(15)17-10-20(13-24-12-17)27-14-19-7-8-25-19/h1,4-5,9-10,12-13,15,19,21,25H,2-3,6-8,11,14H2/t15-,19-,21-/m0/s1. The van der Waals surface area contributed by atoms with Gasteiger partial charge < -0.3 is 10.1 Å². The lowest BCUT2D eigenvalue weighted by molar-refractivity contribution is 0.0978. The summed E-state index contributed by atoms with van der Waals surface area (Å²) in [5.74, 6) is 1.63. The van der Waals surface area contributed by atoms with Gasteiger partial charge in [0.25, 0.3) is 0 Å². The van der Waals surface area contributed by atoms with E-state index in [-0.39, 0.29) is 11.6 Å². The molecule has 142 valence electrons. The maximum absolute atomic E-state index is 13.2. The van der Waals surface area contributed by atoms with Crippen LogP contribution in [0.5, 0.6) is 5.75 Å². The molecule has 2 fully saturated rings. The normalized spacial score (nSPS) is 23.5. The van der Waals surface area contributed by atoms with Crippen molar-refractivity contribution in [3.05, 3.63) is 59.7 Å². The lowest BCUT2D eigenvalue weighted by Crippen LogP contribution is -2.46. The largest absolute Gasteiger partial charge is 0.490 e. The highest BCUT2D eigenvalue weighted by molar-refractivity contribution is 5.95. The van der Waals surface area contributed by atoms with Gasteiger partial charge in [0, 0.05) is 24.2 Å². The average Bonchev–Trinajstić information content (AvgIpc) is 3.40. The lowest BCUT2D eigenvalue weighted by atomic mass is 10.0. The molecule has 3 atom stereocenters. The van der Waals surface area contributed by atoms with Crippen LogP contribution in [-0.4, -0.2) is 30.0 Å². The van der Waals surface area contributed by atoms with Gasteiger partial charge in [0.1, 0.15) is 18.2 Å². The molecule has 1 N–H and O–H groups in total. The fraction of sp³-hybridized carbons (Fsp3) is 0.455. The molecule has 0 unspecified atom stereocenters. The quantitative estimate of drug-likeness (QED) is 0.677. The minimum atomic E-state index is -0.356. The molecule has 1 saturated heterocycles. The topological polar surface area (TPSA) is 51.2 Å². The molecule has 0 spiro atoms. The summed E-state index contributed by atoms with van der Waals surface area (Å²) in [5.41, 5.74) is 1.70. The number of rotatable bonds is 9. The molecule has 4 rings (SSSR count). The first kappa shape index (κ1) is 18.1. The van der Waals surface area contributed by atoms with Crippen LogP contribution >= 0.6 is 0 Å². The molecule has 0 amide bonds. The maximum Gasteiger partial charge on any atom is 0.162 e. The molecule has 27 heavy (non-hydrogen) atoms. The van der Waals surface area contributed by atoms with E-state index in [0.29, 0.717) is 36.5 Å². The van der Waals surface area contributed by atoms with E-state index >= 15 is 0 Å². The van der Waals surface area contributed by atoms with E-state index in [1.807, 2.05) is 6.20 Å². The number of nitrogens with one attached hydrogen (secondary N) is 1. The minimum Gasteiger partial charge on any atom is -0.490 e. The van der Waals surface area contributed by atoms with Crippen molar-refractivity contribution < 1.29 is 13.9 Å². The van der Waals surface area contributed by atoms with Crippen molar-refractivity contribution in [2.24, 2.45) is 5.92 Å². The summed E-state index contributed by atoms with van der Waals surface area (Å²) in [6.07, 6.45) is 8.35. The Balaban J connectivity index is 1.22. The predicted octanol–water partition coefficient (Wildman–Crippen LogP) is 4.12. The van der Waals surface area contributed by atoms with Crippen LogP contribution in [0.3, 0.4) is 0 Å². The average molecular weight is 368 g/mol. The first-order valence-corrected chi connectivity index (χ1v) is 9.79. The smallest absolute Gasteiger partial charge is 0.162 e. The third-order valence-corrected chi connectivity index (χ3v) is 5.59. The molecular formula is C22H25FN2O2. The molecule has 2 aromatic rings. The zero-order chi connectivity index (χ0) is 18.6. The maximum atomic E-state index is 13.2. The summed E-state index contributed by atoms with van der Waals surface area (Å²) >= 11 is 0. The SMILES string of the molecule is O=C(CCC[C@H]1C[C@@H]1c1cncc(OC[C@@H]2CCN2)c1)c1cccc(F)c1. The van der Waals surface area contributed by atoms with Crippen LogP contribution in [0.2, 0.25) is 0 Å². The van der Waals surface area contributed by atoms with Gasteiger partial charge >= 0.3 is 0 Å². The van der Waals surface area contributed by atoms with Crippen molar-refractivity contribution in [3.63, 3.8) is 0 Å². The molecule has 2 aliphatic rings. The van der Waals surface area contributed by atoms with E-state index in [1.165, 1.54) is 24.1 Å². The molecule has 1 aromatic heterocycles. The van der Waals surface area contributed by atoms with Crippen molar-refractivity contribution in [2.45, 2.75) is 44.1 Å². The number of carbonyl (C=O) groups excluding carboxylic acids is 1. The molecular weight excluding hydrogens is 343 g/mol. The fourth-order valence-corrected chi connectivity index (χ4v) is 3.71. The molecule has 5 heteroatoms. The molecule has 1 saturated carbocycles. The van der Waals surface area contributed by atoms with E-state index in [4.69, 9.17) is 4.74 Å². The number of pyridine rings is 1. The summed E-state index contributed by atoms with van der Waals surface area (Å²) in [6, 6.07) is 8.52. The number of aromatic nitrogens is 1. The number of hydrogen-bond acceptors (Lipinski definition) is 4. The molecule has 0 radical (unpaired) electrons. The zero-order valence-electron chi connectivity index (χ0n) is 15.4. The van der Waals surface area contributed by atoms with Crippen molar-refractivity contribution >= 4 is 5.78 Å². The lowest BCUT2D eigenvalue weighted by Gasteiger charge is -2.27. The van der Waals surface area contributed by atoms with Crippen molar-refractivity contribution in [1.82, 2.24) is 10.3 Å². The second kappa shape index (κ2) is 8.17. The Bertz CT molecular complexity index is 806. The van der Waals surface area contributed by atoms with Crippen molar-refractivity contribution in [3.8, 4) is 5.75 Å². The van der Waals surface area contributed by atoms with Gasteiger partial charge in [-0.3, -0.25) is 9.78 Å². The Morgan fingerprint density at radius 2 is 2.19 bits per heavy atom. The number of halogens is 1. The van der Waals surface area contributed by atoms with Gasteiger partial charge in [0.05, 0.1) is 6.20 Å². The van der Waals surface area contributed by atoms with Gasteiger partial charge in [0.2, 0.25) is 0 Å². The number of hydrogen-bond donors (Lipinski definition) is 1. The van der Waals surface area contributed by atoms with E-state index in [9.17, 15) is 9.18 Å². The Morgan fingerprint density at radius 3 is 2.96 bits per heavy atom. The molecule has 4 nitrogen and oxygen atoms in total. The minimum absolute atomic E-state index is 0.0216. The highest BCUT2D eigenvalue weighted by Crippen LogP contribution is 2.50. The van der Waals surface area contributed by atoms with E-state index in [0.717, 1.165) is 31.6 Å². The number of carbonyl (C=O) groups is 1. The fourth-order valence-electron chi connectivity index (χ4n) is 3.71. The molecule has 0 bridgehead atoms. The third kappa shape index (κ3) is 4.72. The number of benzene rings is 1. The zero-order valence-corrected chi connectivity index (χ0v) is 15.4. The van der Waals surface area contributed by atoms with Crippen molar-refractivity contribution in [2.75, 3.05) is 13.2 Å². The first-order valence-electron chi connectivity index (χ1n) is 9.79. The van der Waals surface area contributed by atoms with Crippen LogP contribution in [0, 0.1) is 11.7 Å². The van der Waals surface area contributed by atoms with Crippen molar-refractivity contribution in [1.29, 1.82) is 0 Å². The van der Waals surface area contributed by atoms with E-state index in [1.54, 1.807) is 18.3 Å².